The molecular formula is C20H21F2N7O. The molecule has 2 saturated heterocycles. The largest absolute Gasteiger partial charge is 0.366 e. The molecule has 1 saturated carbocycles. The van der Waals surface area contributed by atoms with E-state index in [2.05, 4.69) is 25.0 Å². The van der Waals surface area contributed by atoms with E-state index in [4.69, 9.17) is 0 Å². The molecule has 1 aliphatic carbocycles. The van der Waals surface area contributed by atoms with Crippen LogP contribution in [-0.2, 0) is 11.8 Å². The van der Waals surface area contributed by atoms with Crippen molar-refractivity contribution in [3.05, 3.63) is 24.7 Å². The van der Waals surface area contributed by atoms with Crippen LogP contribution in [0, 0.1) is 5.92 Å². The minimum Gasteiger partial charge on any atom is -0.366 e. The molecule has 2 bridgehead atoms. The minimum atomic E-state index is -2.82. The van der Waals surface area contributed by atoms with Crippen molar-refractivity contribution in [2.24, 2.45) is 13.0 Å². The lowest BCUT2D eigenvalue weighted by molar-refractivity contribution is -0.138. The normalized spacial score (nSPS) is 27.1. The number of amides is 1. The van der Waals surface area contributed by atoms with Crippen molar-refractivity contribution in [1.29, 1.82) is 0 Å². The van der Waals surface area contributed by atoms with E-state index in [9.17, 15) is 13.6 Å². The van der Waals surface area contributed by atoms with Crippen molar-refractivity contribution in [2.75, 3.05) is 18.0 Å². The van der Waals surface area contributed by atoms with Gasteiger partial charge in [0.1, 0.15) is 17.3 Å². The molecule has 6 rings (SSSR count). The van der Waals surface area contributed by atoms with Gasteiger partial charge in [0.25, 0.3) is 5.92 Å². The Morgan fingerprint density at radius 2 is 2.00 bits per heavy atom. The van der Waals surface area contributed by atoms with Crippen LogP contribution in [0.2, 0.25) is 0 Å². The van der Waals surface area contributed by atoms with Crippen molar-refractivity contribution in [3.63, 3.8) is 0 Å². The lowest BCUT2D eigenvalue weighted by atomic mass is 10.1. The highest BCUT2D eigenvalue weighted by Crippen LogP contribution is 2.51. The number of aryl methyl sites for hydroxylation is 1. The van der Waals surface area contributed by atoms with Gasteiger partial charge in [0.2, 0.25) is 5.91 Å². The van der Waals surface area contributed by atoms with Gasteiger partial charge in [-0.05, 0) is 18.9 Å². The van der Waals surface area contributed by atoms with E-state index in [-0.39, 0.29) is 24.4 Å². The summed E-state index contributed by atoms with van der Waals surface area (Å²) < 4.78 is 28.6. The topological polar surface area (TPSA) is 82.9 Å². The van der Waals surface area contributed by atoms with Crippen LogP contribution in [0.25, 0.3) is 22.6 Å². The molecular weight excluding hydrogens is 392 g/mol. The van der Waals surface area contributed by atoms with Gasteiger partial charge in [-0.3, -0.25) is 9.48 Å². The minimum absolute atomic E-state index is 0.0309. The number of imidazole rings is 1. The van der Waals surface area contributed by atoms with E-state index < -0.39 is 11.8 Å². The number of pyridine rings is 1. The maximum Gasteiger partial charge on any atom is 0.260 e. The number of nitrogens with zero attached hydrogens (tertiary/aromatic N) is 6. The lowest BCUT2D eigenvalue weighted by Gasteiger charge is -2.42. The summed E-state index contributed by atoms with van der Waals surface area (Å²) in [5.74, 6) is -3.60. The number of rotatable bonds is 3. The van der Waals surface area contributed by atoms with Crippen LogP contribution in [0.1, 0.15) is 19.3 Å². The van der Waals surface area contributed by atoms with E-state index in [0.29, 0.717) is 24.6 Å². The summed E-state index contributed by atoms with van der Waals surface area (Å²) in [6.07, 6.45) is 6.76. The number of halogens is 2. The Hall–Kier alpha value is -3.04. The summed E-state index contributed by atoms with van der Waals surface area (Å²) in [7, 11) is 1.85. The maximum atomic E-state index is 13.5. The number of hydrogen-bond acceptors (Lipinski definition) is 5. The highest BCUT2D eigenvalue weighted by atomic mass is 19.3. The first-order valence-corrected chi connectivity index (χ1v) is 10.2. The van der Waals surface area contributed by atoms with Gasteiger partial charge in [0.05, 0.1) is 17.4 Å². The molecule has 0 aromatic carbocycles. The predicted octanol–water partition coefficient (Wildman–Crippen LogP) is 2.19. The highest BCUT2D eigenvalue weighted by molar-refractivity contribution is 5.89. The Labute approximate surface area is 170 Å². The van der Waals surface area contributed by atoms with E-state index in [1.54, 1.807) is 22.0 Å². The summed E-state index contributed by atoms with van der Waals surface area (Å²) >= 11 is 0. The molecule has 3 fully saturated rings. The maximum absolute atomic E-state index is 13.5. The van der Waals surface area contributed by atoms with E-state index in [1.165, 1.54) is 0 Å². The molecule has 1 amide bonds. The Kier molecular flexibility index (Phi) is 3.55. The third-order valence-corrected chi connectivity index (χ3v) is 6.55. The number of anilines is 1. The second-order valence-electron chi connectivity index (χ2n) is 8.57. The molecule has 3 aromatic rings. The van der Waals surface area contributed by atoms with Crippen molar-refractivity contribution in [3.8, 4) is 11.4 Å². The number of nitrogens with one attached hydrogen (secondary N) is 1. The molecule has 0 spiro atoms. The summed E-state index contributed by atoms with van der Waals surface area (Å²) in [6.45, 7) is 1.25. The zero-order valence-corrected chi connectivity index (χ0v) is 16.4. The zero-order valence-electron chi connectivity index (χ0n) is 16.4. The van der Waals surface area contributed by atoms with Crippen LogP contribution in [0.15, 0.2) is 24.7 Å². The molecule has 30 heavy (non-hydrogen) atoms. The summed E-state index contributed by atoms with van der Waals surface area (Å²) in [6, 6.07) is 1.88. The highest BCUT2D eigenvalue weighted by Gasteiger charge is 2.64. The molecule has 1 N–H and O–H groups in total. The van der Waals surface area contributed by atoms with Gasteiger partial charge < -0.3 is 14.8 Å². The molecule has 2 unspecified atom stereocenters. The van der Waals surface area contributed by atoms with Crippen LogP contribution in [0.4, 0.5) is 14.5 Å². The number of hydrogen-bond donors (Lipinski definition) is 1. The predicted molar refractivity (Wildman–Crippen MR) is 105 cm³/mol. The van der Waals surface area contributed by atoms with Crippen LogP contribution >= 0.6 is 0 Å². The van der Waals surface area contributed by atoms with Crippen molar-refractivity contribution in [1.82, 2.24) is 29.6 Å². The number of alkyl halides is 2. The third-order valence-electron chi connectivity index (χ3n) is 6.55. The molecule has 0 radical (unpaired) electrons. The van der Waals surface area contributed by atoms with Crippen LogP contribution in [0.3, 0.4) is 0 Å². The fraction of sp³-hybridized carbons (Fsp3) is 0.500. The molecule has 10 heteroatoms. The molecule has 3 aromatic heterocycles. The Balaban J connectivity index is 1.29. The number of fused-ring (bicyclic) bond motifs is 3. The molecule has 2 aliphatic heterocycles. The number of aromatic amines is 1. The van der Waals surface area contributed by atoms with Gasteiger partial charge >= 0.3 is 0 Å². The first-order chi connectivity index (χ1) is 14.4. The lowest BCUT2D eigenvalue weighted by Crippen LogP contribution is -2.56. The quantitative estimate of drug-likeness (QED) is 0.712. The third kappa shape index (κ3) is 2.62. The molecule has 8 nitrogen and oxygen atoms in total. The monoisotopic (exact) mass is 413 g/mol. The zero-order chi connectivity index (χ0) is 20.6. The van der Waals surface area contributed by atoms with Gasteiger partial charge in [0.15, 0.2) is 5.65 Å². The average Bonchev–Trinajstić information content (AvgIpc) is 3.09. The first kappa shape index (κ1) is 17.8. The van der Waals surface area contributed by atoms with Crippen LogP contribution in [-0.4, -0.2) is 66.6 Å². The standard InChI is InChI=1S/C20H21F2N7O/c1-27-8-11(7-24-27)17-25-16-15(4-5-23-18(16)26-17)28-9-12-2-3-13(10-28)29(12)19(30)14-6-20(14,21)22/h4-5,7-8,12-14H,2-3,6,9-10H2,1H3,(H,23,25,26)/t12?,13?,14-/m0/s1. The number of carbonyl (C=O) groups is 1. The van der Waals surface area contributed by atoms with Gasteiger partial charge in [-0.25, -0.2) is 18.7 Å². The number of piperazine rings is 1. The number of aromatic nitrogens is 5. The molecule has 3 atom stereocenters. The Morgan fingerprint density at radius 1 is 1.27 bits per heavy atom. The summed E-state index contributed by atoms with van der Waals surface area (Å²) in [5.41, 5.74) is 3.31. The van der Waals surface area contributed by atoms with Gasteiger partial charge in [-0.1, -0.05) is 0 Å². The fourth-order valence-corrected chi connectivity index (χ4v) is 4.96. The van der Waals surface area contributed by atoms with Crippen molar-refractivity contribution < 1.29 is 13.6 Å². The number of H-pyrrole nitrogens is 1. The SMILES string of the molecule is Cn1cc(-c2nc3nccc(N4CC5CCC(C4)N5C(=O)[C@@H]4CC4(F)F)c3[nH]2)cn1. The second-order valence-corrected chi connectivity index (χ2v) is 8.57. The first-order valence-electron chi connectivity index (χ1n) is 10.2. The second kappa shape index (κ2) is 5.99. The van der Waals surface area contributed by atoms with Gasteiger partial charge in [0, 0.05) is 51.0 Å². The molecule has 3 aliphatic rings. The van der Waals surface area contributed by atoms with Crippen LogP contribution < -0.4 is 4.90 Å². The Bertz CT molecular complexity index is 1140. The summed E-state index contributed by atoms with van der Waals surface area (Å²) in [5, 5.41) is 4.19. The summed E-state index contributed by atoms with van der Waals surface area (Å²) in [4.78, 5) is 29.0. The molecule has 5 heterocycles. The van der Waals surface area contributed by atoms with Gasteiger partial charge in [-0.2, -0.15) is 5.10 Å². The molecule has 156 valence electrons. The fourth-order valence-electron chi connectivity index (χ4n) is 4.96. The van der Waals surface area contributed by atoms with Crippen molar-refractivity contribution >= 4 is 22.8 Å². The van der Waals surface area contributed by atoms with E-state index in [0.717, 1.165) is 29.6 Å². The van der Waals surface area contributed by atoms with E-state index in [1.807, 2.05) is 19.3 Å². The van der Waals surface area contributed by atoms with Crippen molar-refractivity contribution in [2.45, 2.75) is 37.3 Å². The Morgan fingerprint density at radius 3 is 2.63 bits per heavy atom. The average molecular weight is 413 g/mol. The smallest absolute Gasteiger partial charge is 0.260 e. The van der Waals surface area contributed by atoms with Gasteiger partial charge in [-0.15, -0.1) is 0 Å². The van der Waals surface area contributed by atoms with Crippen LogP contribution in [0.5, 0.6) is 0 Å². The van der Waals surface area contributed by atoms with E-state index >= 15 is 0 Å². The number of carbonyl (C=O) groups excluding carboxylic acids is 1.